The summed E-state index contributed by atoms with van der Waals surface area (Å²) in [4.78, 5) is 33.7. The summed E-state index contributed by atoms with van der Waals surface area (Å²) in [6.07, 6.45) is 6.44. The molecule has 0 unspecified atom stereocenters. The highest BCUT2D eigenvalue weighted by atomic mass is 19.1. The first-order valence-corrected chi connectivity index (χ1v) is 9.64. The van der Waals surface area contributed by atoms with Gasteiger partial charge in [-0.25, -0.2) is 9.37 Å². The molecule has 1 amide bonds. The minimum atomic E-state index is -0.368. The summed E-state index contributed by atoms with van der Waals surface area (Å²) in [5.74, 6) is -0.693. The fraction of sp³-hybridized carbons (Fsp3) is 0.130. The van der Waals surface area contributed by atoms with Crippen LogP contribution in [0.15, 0.2) is 67.3 Å². The number of fused-ring (bicyclic) bond motifs is 1. The van der Waals surface area contributed by atoms with Gasteiger partial charge in [-0.1, -0.05) is 12.1 Å². The highest BCUT2D eigenvalue weighted by Crippen LogP contribution is 2.23. The molecular formula is C23H19FN4O3. The summed E-state index contributed by atoms with van der Waals surface area (Å²) in [6, 6.07) is 10.5. The van der Waals surface area contributed by atoms with Crippen LogP contribution in [0.2, 0.25) is 0 Å². The van der Waals surface area contributed by atoms with E-state index >= 15 is 0 Å². The van der Waals surface area contributed by atoms with Crippen molar-refractivity contribution < 1.29 is 19.1 Å². The molecule has 7 nitrogen and oxygen atoms in total. The number of pyridine rings is 2. The average molecular weight is 418 g/mol. The fourth-order valence-electron chi connectivity index (χ4n) is 3.38. The van der Waals surface area contributed by atoms with Crippen LogP contribution in [0.4, 0.5) is 10.2 Å². The molecule has 3 aromatic heterocycles. The Morgan fingerprint density at radius 1 is 1.10 bits per heavy atom. The molecule has 31 heavy (non-hydrogen) atoms. The van der Waals surface area contributed by atoms with Gasteiger partial charge in [0.1, 0.15) is 11.6 Å². The Balaban J connectivity index is 1.55. The van der Waals surface area contributed by atoms with E-state index in [1.54, 1.807) is 47.4 Å². The number of hydrogen-bond donors (Lipinski definition) is 2. The molecule has 0 aliphatic rings. The fourth-order valence-corrected chi connectivity index (χ4v) is 3.38. The molecule has 2 N–H and O–H groups in total. The van der Waals surface area contributed by atoms with Crippen LogP contribution in [0.3, 0.4) is 0 Å². The molecule has 0 radical (unpaired) electrons. The van der Waals surface area contributed by atoms with Crippen LogP contribution < -0.4 is 5.32 Å². The van der Waals surface area contributed by atoms with Crippen LogP contribution >= 0.6 is 0 Å². The quantitative estimate of drug-likeness (QED) is 0.450. The van der Waals surface area contributed by atoms with Gasteiger partial charge in [-0.2, -0.15) is 0 Å². The zero-order valence-electron chi connectivity index (χ0n) is 16.5. The molecule has 0 atom stereocenters. The molecule has 156 valence electrons. The second kappa shape index (κ2) is 8.85. The van der Waals surface area contributed by atoms with Crippen molar-refractivity contribution in [2.24, 2.45) is 0 Å². The zero-order valence-corrected chi connectivity index (χ0v) is 16.5. The van der Waals surface area contributed by atoms with Gasteiger partial charge in [-0.15, -0.1) is 0 Å². The summed E-state index contributed by atoms with van der Waals surface area (Å²) < 4.78 is 14.8. The SMILES string of the molecule is O=C(Cc1ccc(F)cc1)Nc1cc(C(=O)c2cn(CCO)c3ccncc23)ccn1. The van der Waals surface area contributed by atoms with Crippen LogP contribution in [-0.4, -0.2) is 37.9 Å². The lowest BCUT2D eigenvalue weighted by atomic mass is 10.0. The Labute approximate surface area is 177 Å². The van der Waals surface area contributed by atoms with Crippen LogP contribution in [0.25, 0.3) is 10.9 Å². The molecule has 0 fully saturated rings. The largest absolute Gasteiger partial charge is 0.395 e. The van der Waals surface area contributed by atoms with Crippen molar-refractivity contribution in [3.63, 3.8) is 0 Å². The molecular weight excluding hydrogens is 399 g/mol. The molecule has 1 aromatic carbocycles. The molecule has 0 aliphatic carbocycles. The van der Waals surface area contributed by atoms with Gasteiger partial charge in [0, 0.05) is 47.8 Å². The summed E-state index contributed by atoms with van der Waals surface area (Å²) in [5.41, 5.74) is 2.27. The van der Waals surface area contributed by atoms with Crippen LogP contribution in [-0.2, 0) is 17.8 Å². The first-order valence-electron chi connectivity index (χ1n) is 9.64. The van der Waals surface area contributed by atoms with Gasteiger partial charge in [-0.05, 0) is 35.9 Å². The van der Waals surface area contributed by atoms with Gasteiger partial charge in [0.05, 0.1) is 18.5 Å². The lowest BCUT2D eigenvalue weighted by Gasteiger charge is -2.06. The molecule has 0 spiro atoms. The zero-order chi connectivity index (χ0) is 21.8. The lowest BCUT2D eigenvalue weighted by molar-refractivity contribution is -0.115. The van der Waals surface area contributed by atoms with E-state index in [0.717, 1.165) is 5.52 Å². The summed E-state index contributed by atoms with van der Waals surface area (Å²) >= 11 is 0. The van der Waals surface area contributed by atoms with Crippen LogP contribution in [0.1, 0.15) is 21.5 Å². The normalized spacial score (nSPS) is 10.9. The Morgan fingerprint density at radius 3 is 2.68 bits per heavy atom. The number of hydrogen-bond acceptors (Lipinski definition) is 5. The van der Waals surface area contributed by atoms with Crippen LogP contribution in [0, 0.1) is 5.82 Å². The summed E-state index contributed by atoms with van der Waals surface area (Å²) in [6.45, 7) is 0.300. The molecule has 4 aromatic rings. The Bertz CT molecular complexity index is 1250. The van der Waals surface area contributed by atoms with E-state index in [9.17, 15) is 19.1 Å². The van der Waals surface area contributed by atoms with Gasteiger partial charge >= 0.3 is 0 Å². The van der Waals surface area contributed by atoms with Crippen molar-refractivity contribution in [1.29, 1.82) is 0 Å². The van der Waals surface area contributed by atoms with Gasteiger partial charge in [0.25, 0.3) is 0 Å². The maximum atomic E-state index is 13.2. The number of aliphatic hydroxyl groups is 1. The number of nitrogens with one attached hydrogen (secondary N) is 1. The number of amides is 1. The highest BCUT2D eigenvalue weighted by molar-refractivity contribution is 6.16. The Morgan fingerprint density at radius 2 is 1.90 bits per heavy atom. The maximum Gasteiger partial charge on any atom is 0.229 e. The molecule has 0 saturated heterocycles. The smallest absolute Gasteiger partial charge is 0.229 e. The predicted octanol–water partition coefficient (Wildman–Crippen LogP) is 2.97. The second-order valence-corrected chi connectivity index (χ2v) is 6.96. The Hall–Kier alpha value is -3.91. The molecule has 0 bridgehead atoms. The van der Waals surface area contributed by atoms with Crippen molar-refractivity contribution in [2.75, 3.05) is 11.9 Å². The number of halogens is 1. The molecule has 8 heteroatoms. The van der Waals surface area contributed by atoms with Crippen molar-refractivity contribution in [3.05, 3.63) is 89.8 Å². The maximum absolute atomic E-state index is 13.2. The summed E-state index contributed by atoms with van der Waals surface area (Å²) in [5, 5.41) is 12.6. The monoisotopic (exact) mass is 418 g/mol. The third-order valence-corrected chi connectivity index (χ3v) is 4.84. The van der Waals surface area contributed by atoms with E-state index in [-0.39, 0.29) is 36.4 Å². The van der Waals surface area contributed by atoms with Crippen LogP contribution in [0.5, 0.6) is 0 Å². The number of rotatable bonds is 7. The van der Waals surface area contributed by atoms with Crippen molar-refractivity contribution in [3.8, 4) is 0 Å². The number of carbonyl (C=O) groups excluding carboxylic acids is 2. The van der Waals surface area contributed by atoms with Gasteiger partial charge < -0.3 is 15.0 Å². The average Bonchev–Trinajstić information content (AvgIpc) is 3.14. The highest BCUT2D eigenvalue weighted by Gasteiger charge is 2.18. The first-order chi connectivity index (χ1) is 15.0. The minimum absolute atomic E-state index is 0.0560. The number of aliphatic hydroxyl groups excluding tert-OH is 1. The number of benzene rings is 1. The minimum Gasteiger partial charge on any atom is -0.395 e. The third kappa shape index (κ3) is 4.49. The van der Waals surface area contributed by atoms with E-state index in [0.29, 0.717) is 28.6 Å². The van der Waals surface area contributed by atoms with Crippen molar-refractivity contribution >= 4 is 28.4 Å². The van der Waals surface area contributed by atoms with E-state index in [1.165, 1.54) is 24.4 Å². The van der Waals surface area contributed by atoms with Crippen molar-refractivity contribution in [2.45, 2.75) is 13.0 Å². The number of nitrogens with zero attached hydrogens (tertiary/aromatic N) is 3. The van der Waals surface area contributed by atoms with E-state index in [2.05, 4.69) is 15.3 Å². The number of ketones is 1. The van der Waals surface area contributed by atoms with Crippen molar-refractivity contribution in [1.82, 2.24) is 14.5 Å². The van der Waals surface area contributed by atoms with Gasteiger partial charge in [0.2, 0.25) is 5.91 Å². The number of carbonyl (C=O) groups is 2. The predicted molar refractivity (Wildman–Crippen MR) is 113 cm³/mol. The second-order valence-electron chi connectivity index (χ2n) is 6.96. The van der Waals surface area contributed by atoms with E-state index in [4.69, 9.17) is 0 Å². The lowest BCUT2D eigenvalue weighted by Crippen LogP contribution is -2.16. The molecule has 3 heterocycles. The number of anilines is 1. The molecule has 0 aliphatic heterocycles. The van der Waals surface area contributed by atoms with E-state index in [1.807, 2.05) is 0 Å². The molecule has 0 saturated carbocycles. The first kappa shape index (κ1) is 20.4. The van der Waals surface area contributed by atoms with Gasteiger partial charge in [-0.3, -0.25) is 14.6 Å². The van der Waals surface area contributed by atoms with E-state index < -0.39 is 0 Å². The standard InChI is InChI=1S/C23H19FN4O3/c24-17-3-1-15(2-4-17)11-22(30)27-21-12-16(5-8-26-21)23(31)19-14-28(9-10-29)20-6-7-25-13-18(19)20/h1-8,12-14,29H,9-11H2,(H,26,27,30). The topological polar surface area (TPSA) is 97.1 Å². The molecule has 4 rings (SSSR count). The Kier molecular flexibility index (Phi) is 5.81. The number of aromatic nitrogens is 3. The third-order valence-electron chi connectivity index (χ3n) is 4.84. The van der Waals surface area contributed by atoms with Gasteiger partial charge in [0.15, 0.2) is 5.78 Å². The summed E-state index contributed by atoms with van der Waals surface area (Å²) in [7, 11) is 0.